The summed E-state index contributed by atoms with van der Waals surface area (Å²) in [4.78, 5) is 20.1. The molecule has 0 unspecified atom stereocenters. The monoisotopic (exact) mass is 279 g/mol. The van der Waals surface area contributed by atoms with Crippen LogP contribution >= 0.6 is 11.8 Å². The van der Waals surface area contributed by atoms with Gasteiger partial charge in [0.15, 0.2) is 5.16 Å². The van der Waals surface area contributed by atoms with Gasteiger partial charge in [0.05, 0.1) is 5.75 Å². The Bertz CT molecular complexity index is 412. The molecule has 0 aromatic carbocycles. The predicted molar refractivity (Wildman–Crippen MR) is 76.9 cm³/mol. The summed E-state index contributed by atoms with van der Waals surface area (Å²) in [7, 11) is 0. The maximum Gasteiger partial charge on any atom is 0.230 e. The fraction of sp³-hybridized carbons (Fsp3) is 0.643. The Labute approximate surface area is 118 Å². The van der Waals surface area contributed by atoms with Gasteiger partial charge >= 0.3 is 0 Å². The van der Waals surface area contributed by atoms with E-state index in [0.717, 1.165) is 6.42 Å². The second-order valence-corrected chi connectivity index (χ2v) is 6.20. The number of rotatable bonds is 4. The molecule has 3 atom stereocenters. The average Bonchev–Trinajstić information content (AvgIpc) is 2.43. The Hall–Kier alpha value is -1.10. The minimum absolute atomic E-state index is 0.0865. The highest BCUT2D eigenvalue weighted by Crippen LogP contribution is 2.29. The predicted octanol–water partition coefficient (Wildman–Crippen LogP) is 2.51. The normalized spacial score (nSPS) is 26.9. The van der Waals surface area contributed by atoms with Crippen LogP contribution < -0.4 is 5.32 Å². The molecule has 0 spiro atoms. The number of thioether (sulfide) groups is 1. The average molecular weight is 279 g/mol. The Morgan fingerprint density at radius 2 is 2.11 bits per heavy atom. The largest absolute Gasteiger partial charge is 0.352 e. The topological polar surface area (TPSA) is 54.9 Å². The SMILES string of the molecule is C[C@@H]1[C@H](C)CCC[C@H]1NC(=O)CSc1ncccn1. The van der Waals surface area contributed by atoms with Crippen LogP contribution in [-0.4, -0.2) is 27.7 Å². The van der Waals surface area contributed by atoms with E-state index >= 15 is 0 Å². The number of amides is 1. The maximum atomic E-state index is 11.9. The highest BCUT2D eigenvalue weighted by Gasteiger charge is 2.27. The Morgan fingerprint density at radius 1 is 1.37 bits per heavy atom. The summed E-state index contributed by atoms with van der Waals surface area (Å²) in [6, 6.07) is 2.10. The van der Waals surface area contributed by atoms with Crippen molar-refractivity contribution in [2.24, 2.45) is 11.8 Å². The van der Waals surface area contributed by atoms with Gasteiger partial charge in [-0.3, -0.25) is 4.79 Å². The first-order chi connectivity index (χ1) is 9.16. The Balaban J connectivity index is 1.78. The van der Waals surface area contributed by atoms with Crippen LogP contribution in [0.4, 0.5) is 0 Å². The van der Waals surface area contributed by atoms with E-state index in [9.17, 15) is 4.79 Å². The lowest BCUT2D eigenvalue weighted by Gasteiger charge is -2.34. The molecule has 2 rings (SSSR count). The van der Waals surface area contributed by atoms with Crippen molar-refractivity contribution < 1.29 is 4.79 Å². The standard InChI is InChI=1S/C14H21N3OS/c1-10-5-3-6-12(11(10)2)17-13(18)9-19-14-15-7-4-8-16-14/h4,7-8,10-12H,3,5-6,9H2,1-2H3,(H,17,18)/t10-,11-,12-/m1/s1. The van der Waals surface area contributed by atoms with E-state index in [4.69, 9.17) is 0 Å². The summed E-state index contributed by atoms with van der Waals surface area (Å²) in [6.45, 7) is 4.51. The van der Waals surface area contributed by atoms with Gasteiger partial charge in [0, 0.05) is 18.4 Å². The minimum atomic E-state index is 0.0865. The van der Waals surface area contributed by atoms with Crippen LogP contribution in [0.25, 0.3) is 0 Å². The number of carbonyl (C=O) groups excluding carboxylic acids is 1. The van der Waals surface area contributed by atoms with Gasteiger partial charge in [0.25, 0.3) is 0 Å². The van der Waals surface area contributed by atoms with Crippen molar-refractivity contribution in [1.82, 2.24) is 15.3 Å². The highest BCUT2D eigenvalue weighted by atomic mass is 32.2. The zero-order chi connectivity index (χ0) is 13.7. The van der Waals surface area contributed by atoms with Crippen molar-refractivity contribution in [3.05, 3.63) is 18.5 Å². The number of hydrogen-bond donors (Lipinski definition) is 1. The third-order valence-corrected chi connectivity index (χ3v) is 4.80. The van der Waals surface area contributed by atoms with E-state index in [1.165, 1.54) is 24.6 Å². The molecule has 0 aliphatic heterocycles. The fourth-order valence-electron chi connectivity index (χ4n) is 2.52. The van der Waals surface area contributed by atoms with E-state index < -0.39 is 0 Å². The van der Waals surface area contributed by atoms with Crippen LogP contribution in [0.2, 0.25) is 0 Å². The van der Waals surface area contributed by atoms with E-state index in [0.29, 0.717) is 28.8 Å². The highest BCUT2D eigenvalue weighted by molar-refractivity contribution is 7.99. The van der Waals surface area contributed by atoms with Gasteiger partial charge in [-0.05, 0) is 24.3 Å². The molecule has 1 N–H and O–H groups in total. The number of hydrogen-bond acceptors (Lipinski definition) is 4. The summed E-state index contributed by atoms with van der Waals surface area (Å²) in [5.41, 5.74) is 0. The fourth-order valence-corrected chi connectivity index (χ4v) is 3.14. The van der Waals surface area contributed by atoms with Gasteiger partial charge in [0.2, 0.25) is 5.91 Å². The van der Waals surface area contributed by atoms with Gasteiger partial charge < -0.3 is 5.32 Å². The molecule has 1 aliphatic carbocycles. The molecule has 5 heteroatoms. The summed E-state index contributed by atoms with van der Waals surface area (Å²) in [5.74, 6) is 1.74. The lowest BCUT2D eigenvalue weighted by atomic mass is 9.78. The second-order valence-electron chi connectivity index (χ2n) is 5.26. The van der Waals surface area contributed by atoms with Crippen molar-refractivity contribution in [3.8, 4) is 0 Å². The van der Waals surface area contributed by atoms with Gasteiger partial charge in [-0.15, -0.1) is 0 Å². The van der Waals surface area contributed by atoms with E-state index in [1.807, 2.05) is 0 Å². The summed E-state index contributed by atoms with van der Waals surface area (Å²) in [5, 5.41) is 3.81. The minimum Gasteiger partial charge on any atom is -0.352 e. The Morgan fingerprint density at radius 3 is 2.84 bits per heavy atom. The summed E-state index contributed by atoms with van der Waals surface area (Å²) >= 11 is 1.38. The van der Waals surface area contributed by atoms with Gasteiger partial charge in [0.1, 0.15) is 0 Å². The first-order valence-corrected chi connectivity index (χ1v) is 7.84. The Kier molecular flexibility index (Phi) is 5.19. The van der Waals surface area contributed by atoms with E-state index in [-0.39, 0.29) is 5.91 Å². The zero-order valence-electron chi connectivity index (χ0n) is 11.5. The molecule has 4 nitrogen and oxygen atoms in total. The lowest BCUT2D eigenvalue weighted by Crippen LogP contribution is -2.44. The summed E-state index contributed by atoms with van der Waals surface area (Å²) in [6.07, 6.45) is 6.98. The van der Waals surface area contributed by atoms with Crippen LogP contribution in [0.15, 0.2) is 23.6 Å². The number of carbonyl (C=O) groups is 1. The lowest BCUT2D eigenvalue weighted by molar-refractivity contribution is -0.120. The number of nitrogens with zero attached hydrogens (tertiary/aromatic N) is 2. The number of aromatic nitrogens is 2. The second kappa shape index (κ2) is 6.89. The molecule has 1 aliphatic rings. The molecule has 0 radical (unpaired) electrons. The van der Waals surface area contributed by atoms with E-state index in [2.05, 4.69) is 29.1 Å². The first-order valence-electron chi connectivity index (χ1n) is 6.86. The molecular formula is C14H21N3OS. The maximum absolute atomic E-state index is 11.9. The summed E-state index contributed by atoms with van der Waals surface area (Å²) < 4.78 is 0. The van der Waals surface area contributed by atoms with Crippen molar-refractivity contribution in [3.63, 3.8) is 0 Å². The molecule has 1 aromatic rings. The van der Waals surface area contributed by atoms with Gasteiger partial charge in [-0.2, -0.15) is 0 Å². The van der Waals surface area contributed by atoms with Crippen molar-refractivity contribution in [2.75, 3.05) is 5.75 Å². The molecule has 19 heavy (non-hydrogen) atoms. The van der Waals surface area contributed by atoms with Crippen LogP contribution in [0.1, 0.15) is 33.1 Å². The third kappa shape index (κ3) is 4.20. The van der Waals surface area contributed by atoms with Gasteiger partial charge in [-0.25, -0.2) is 9.97 Å². The molecule has 1 saturated carbocycles. The van der Waals surface area contributed by atoms with Gasteiger partial charge in [-0.1, -0.05) is 38.5 Å². The molecule has 1 fully saturated rings. The van der Waals surface area contributed by atoms with Crippen LogP contribution in [-0.2, 0) is 4.79 Å². The molecule has 104 valence electrons. The van der Waals surface area contributed by atoms with E-state index in [1.54, 1.807) is 18.5 Å². The van der Waals surface area contributed by atoms with Crippen molar-refractivity contribution in [1.29, 1.82) is 0 Å². The molecule has 0 saturated heterocycles. The van der Waals surface area contributed by atoms with Crippen LogP contribution in [0.5, 0.6) is 0 Å². The van der Waals surface area contributed by atoms with Crippen LogP contribution in [0.3, 0.4) is 0 Å². The van der Waals surface area contributed by atoms with Crippen molar-refractivity contribution in [2.45, 2.75) is 44.3 Å². The van der Waals surface area contributed by atoms with Crippen molar-refractivity contribution >= 4 is 17.7 Å². The third-order valence-electron chi connectivity index (χ3n) is 3.93. The molecule has 1 amide bonds. The number of nitrogens with one attached hydrogen (secondary N) is 1. The molecule has 0 bridgehead atoms. The molecule has 1 aromatic heterocycles. The first kappa shape index (κ1) is 14.3. The molecule has 1 heterocycles. The van der Waals surface area contributed by atoms with Crippen LogP contribution in [0, 0.1) is 11.8 Å². The quantitative estimate of drug-likeness (QED) is 0.679. The molecular weight excluding hydrogens is 258 g/mol. The zero-order valence-corrected chi connectivity index (χ0v) is 12.3. The smallest absolute Gasteiger partial charge is 0.230 e.